The highest BCUT2D eigenvalue weighted by Crippen LogP contribution is 2.36. The Hall–Kier alpha value is -3.00. The van der Waals surface area contributed by atoms with Gasteiger partial charge < -0.3 is 18.9 Å². The molecule has 2 atom stereocenters. The maximum Gasteiger partial charge on any atom is 0.269 e. The van der Waals surface area contributed by atoms with E-state index in [1.165, 1.54) is 6.20 Å². The average Bonchev–Trinajstić information content (AvgIpc) is 3.20. The lowest BCUT2D eigenvalue weighted by atomic mass is 9.85. The molecular weight excluding hydrogens is 430 g/mol. The molecule has 8 heteroatoms. The highest BCUT2D eigenvalue weighted by atomic mass is 16.5. The van der Waals surface area contributed by atoms with Gasteiger partial charge in [-0.1, -0.05) is 0 Å². The van der Waals surface area contributed by atoms with E-state index < -0.39 is 0 Å². The molecule has 2 unspecified atom stereocenters. The Labute approximate surface area is 198 Å². The molecule has 3 aromatic rings. The van der Waals surface area contributed by atoms with Crippen molar-refractivity contribution < 1.29 is 9.47 Å². The summed E-state index contributed by atoms with van der Waals surface area (Å²) in [5, 5.41) is 0. The second-order valence-electron chi connectivity index (χ2n) is 9.96. The first-order valence-corrected chi connectivity index (χ1v) is 12.4. The molecule has 6 rings (SSSR count). The summed E-state index contributed by atoms with van der Waals surface area (Å²) in [5.41, 5.74) is 2.54. The van der Waals surface area contributed by atoms with Crippen molar-refractivity contribution >= 4 is 16.7 Å². The number of ether oxygens (including phenoxy) is 2. The molecule has 34 heavy (non-hydrogen) atoms. The van der Waals surface area contributed by atoms with Gasteiger partial charge in [-0.15, -0.1) is 0 Å². The van der Waals surface area contributed by atoms with Crippen LogP contribution >= 0.6 is 0 Å². The molecule has 0 amide bonds. The lowest BCUT2D eigenvalue weighted by molar-refractivity contribution is 0.0304. The van der Waals surface area contributed by atoms with Gasteiger partial charge in [0, 0.05) is 50.7 Å². The van der Waals surface area contributed by atoms with Crippen molar-refractivity contribution in [2.24, 2.45) is 13.0 Å². The second-order valence-corrected chi connectivity index (χ2v) is 9.96. The molecular formula is C26H31N5O3. The van der Waals surface area contributed by atoms with Gasteiger partial charge in [-0.3, -0.25) is 4.79 Å². The first-order valence-electron chi connectivity index (χ1n) is 12.4. The molecule has 0 N–H and O–H groups in total. The van der Waals surface area contributed by atoms with Gasteiger partial charge in [-0.25, -0.2) is 15.0 Å². The minimum absolute atomic E-state index is 0.124. The molecule has 2 aliphatic heterocycles. The van der Waals surface area contributed by atoms with E-state index in [1.807, 2.05) is 18.5 Å². The van der Waals surface area contributed by atoms with Gasteiger partial charge in [0.05, 0.1) is 30.0 Å². The van der Waals surface area contributed by atoms with Crippen molar-refractivity contribution in [2.75, 3.05) is 18.0 Å². The lowest BCUT2D eigenvalue weighted by Gasteiger charge is -2.34. The molecule has 2 bridgehead atoms. The van der Waals surface area contributed by atoms with Gasteiger partial charge in [-0.2, -0.15) is 0 Å². The van der Waals surface area contributed by atoms with E-state index in [-0.39, 0.29) is 11.7 Å². The smallest absolute Gasteiger partial charge is 0.269 e. The van der Waals surface area contributed by atoms with E-state index >= 15 is 0 Å². The quantitative estimate of drug-likeness (QED) is 0.577. The maximum absolute atomic E-state index is 12.4. The minimum Gasteiger partial charge on any atom is -0.488 e. The Morgan fingerprint density at radius 2 is 1.74 bits per heavy atom. The van der Waals surface area contributed by atoms with E-state index in [0.717, 1.165) is 86.3 Å². The number of fused-ring (bicyclic) bond motifs is 3. The van der Waals surface area contributed by atoms with Gasteiger partial charge in [0.1, 0.15) is 17.1 Å². The minimum atomic E-state index is -0.124. The molecule has 2 saturated heterocycles. The number of hydrogen-bond donors (Lipinski definition) is 0. The van der Waals surface area contributed by atoms with E-state index in [2.05, 4.69) is 32.0 Å². The van der Waals surface area contributed by atoms with Crippen LogP contribution in [0.4, 0.5) is 5.69 Å². The van der Waals surface area contributed by atoms with Crippen LogP contribution in [0.25, 0.3) is 11.0 Å². The summed E-state index contributed by atoms with van der Waals surface area (Å²) < 4.78 is 14.3. The van der Waals surface area contributed by atoms with Crippen LogP contribution in [0.2, 0.25) is 0 Å². The predicted octanol–water partition coefficient (Wildman–Crippen LogP) is 3.27. The van der Waals surface area contributed by atoms with E-state index in [0.29, 0.717) is 18.1 Å². The standard InChI is InChI=1S/C26H31N5O3/c1-30-25(32)14-29-22-12-18(31-15-20-7-8-21(16-31)33-20)13-23(26(22)30)34-19-5-3-17(4-6-19)11-24-27-9-2-10-28-24/h2,9-10,12-14,17,19-21H,3-8,11,15-16H2,1H3. The molecule has 3 fully saturated rings. The van der Waals surface area contributed by atoms with Crippen molar-refractivity contribution in [1.82, 2.24) is 19.5 Å². The summed E-state index contributed by atoms with van der Waals surface area (Å²) in [4.78, 5) is 28.0. The monoisotopic (exact) mass is 461 g/mol. The van der Waals surface area contributed by atoms with Crippen LogP contribution in [0.1, 0.15) is 44.3 Å². The van der Waals surface area contributed by atoms with E-state index in [1.54, 1.807) is 11.6 Å². The van der Waals surface area contributed by atoms with Crippen LogP contribution in [0, 0.1) is 5.92 Å². The zero-order valence-electron chi connectivity index (χ0n) is 19.6. The number of rotatable bonds is 5. The van der Waals surface area contributed by atoms with Crippen molar-refractivity contribution in [3.63, 3.8) is 0 Å². The molecule has 2 aromatic heterocycles. The number of aryl methyl sites for hydroxylation is 1. The van der Waals surface area contributed by atoms with Crippen LogP contribution in [0.3, 0.4) is 0 Å². The predicted molar refractivity (Wildman–Crippen MR) is 129 cm³/mol. The second kappa shape index (κ2) is 8.98. The van der Waals surface area contributed by atoms with Crippen LogP contribution in [0.5, 0.6) is 5.75 Å². The topological polar surface area (TPSA) is 82.4 Å². The number of morpholine rings is 1. The molecule has 0 spiro atoms. The lowest BCUT2D eigenvalue weighted by Crippen LogP contribution is -2.42. The van der Waals surface area contributed by atoms with Crippen molar-refractivity contribution in [2.45, 2.75) is 63.3 Å². The number of hydrogen-bond acceptors (Lipinski definition) is 7. The molecule has 1 aliphatic carbocycles. The maximum atomic E-state index is 12.4. The third-order valence-electron chi connectivity index (χ3n) is 7.61. The SMILES string of the molecule is Cn1c(=O)cnc2cc(N3CC4CCC(C3)O4)cc(OC3CCC(Cc4ncccn4)CC3)c21. The molecule has 1 saturated carbocycles. The van der Waals surface area contributed by atoms with E-state index in [4.69, 9.17) is 9.47 Å². The number of aromatic nitrogens is 4. The summed E-state index contributed by atoms with van der Waals surface area (Å²) in [6.07, 6.45) is 13.1. The van der Waals surface area contributed by atoms with E-state index in [9.17, 15) is 4.79 Å². The van der Waals surface area contributed by atoms with Crippen LogP contribution in [-0.2, 0) is 18.2 Å². The average molecular weight is 462 g/mol. The molecule has 3 aliphatic rings. The van der Waals surface area contributed by atoms with Crippen LogP contribution < -0.4 is 15.2 Å². The molecule has 0 radical (unpaired) electrons. The van der Waals surface area contributed by atoms with Gasteiger partial charge in [-0.05, 0) is 56.6 Å². The summed E-state index contributed by atoms with van der Waals surface area (Å²) in [6, 6.07) is 6.05. The zero-order chi connectivity index (χ0) is 23.1. The van der Waals surface area contributed by atoms with Gasteiger partial charge in [0.25, 0.3) is 5.56 Å². The highest BCUT2D eigenvalue weighted by molar-refractivity contribution is 5.86. The Bertz CT molecular complexity index is 1210. The summed E-state index contributed by atoms with van der Waals surface area (Å²) >= 11 is 0. The third kappa shape index (κ3) is 4.27. The number of benzene rings is 1. The van der Waals surface area contributed by atoms with Crippen molar-refractivity contribution in [1.29, 1.82) is 0 Å². The fraction of sp³-hybridized carbons (Fsp3) is 0.538. The van der Waals surface area contributed by atoms with Crippen molar-refractivity contribution in [3.05, 3.63) is 53.0 Å². The summed E-state index contributed by atoms with van der Waals surface area (Å²) in [7, 11) is 1.80. The van der Waals surface area contributed by atoms with Gasteiger partial charge in [0.15, 0.2) is 0 Å². The Morgan fingerprint density at radius 1 is 1.00 bits per heavy atom. The van der Waals surface area contributed by atoms with Gasteiger partial charge >= 0.3 is 0 Å². The first-order chi connectivity index (χ1) is 16.6. The van der Waals surface area contributed by atoms with Gasteiger partial charge in [0.2, 0.25) is 0 Å². The highest BCUT2D eigenvalue weighted by Gasteiger charge is 2.34. The Balaban J connectivity index is 1.23. The summed E-state index contributed by atoms with van der Waals surface area (Å²) in [5.74, 6) is 2.26. The van der Waals surface area contributed by atoms with Crippen LogP contribution in [0.15, 0.2) is 41.6 Å². The van der Waals surface area contributed by atoms with Crippen LogP contribution in [-0.4, -0.2) is 50.9 Å². The molecule has 178 valence electrons. The third-order valence-corrected chi connectivity index (χ3v) is 7.61. The summed E-state index contributed by atoms with van der Waals surface area (Å²) in [6.45, 7) is 1.78. The first kappa shape index (κ1) is 21.5. The molecule has 1 aromatic carbocycles. The fourth-order valence-corrected chi connectivity index (χ4v) is 5.76. The molecule has 8 nitrogen and oxygen atoms in total. The fourth-order valence-electron chi connectivity index (χ4n) is 5.76. The normalized spacial score (nSPS) is 26.7. The molecule has 4 heterocycles. The largest absolute Gasteiger partial charge is 0.488 e. The number of nitrogens with zero attached hydrogens (tertiary/aromatic N) is 5. The Morgan fingerprint density at radius 3 is 2.47 bits per heavy atom. The Kier molecular flexibility index (Phi) is 5.69. The zero-order valence-corrected chi connectivity index (χ0v) is 19.6. The van der Waals surface area contributed by atoms with Crippen molar-refractivity contribution in [3.8, 4) is 5.75 Å². The number of anilines is 1.